The Morgan fingerprint density at radius 3 is 2.39 bits per heavy atom. The molecule has 210 valence electrons. The molecule has 6 N–H and O–H groups in total. The fourth-order valence-corrected chi connectivity index (χ4v) is 4.45. The molecule has 0 bridgehead atoms. The first kappa shape index (κ1) is 29.4. The van der Waals surface area contributed by atoms with Crippen LogP contribution in [0.25, 0.3) is 0 Å². The van der Waals surface area contributed by atoms with Gasteiger partial charge < -0.3 is 54.3 Å². The highest BCUT2D eigenvalue weighted by Crippen LogP contribution is 2.49. The van der Waals surface area contributed by atoms with Crippen molar-refractivity contribution in [1.29, 1.82) is 0 Å². The summed E-state index contributed by atoms with van der Waals surface area (Å²) in [6.45, 7) is 2.51. The molecule has 38 heavy (non-hydrogen) atoms. The van der Waals surface area contributed by atoms with Crippen molar-refractivity contribution in [3.05, 3.63) is 47.2 Å². The molecule has 0 spiro atoms. The van der Waals surface area contributed by atoms with Gasteiger partial charge in [-0.05, 0) is 32.0 Å². The number of carbonyl (C=O) groups excluding carboxylic acids is 2. The van der Waals surface area contributed by atoms with Gasteiger partial charge in [0.15, 0.2) is 17.8 Å². The predicted octanol–water partition coefficient (Wildman–Crippen LogP) is -0.330. The Labute approximate surface area is 218 Å². The molecule has 1 aromatic rings. The number of rotatable bonds is 8. The average Bonchev–Trinajstić information content (AvgIpc) is 2.90. The van der Waals surface area contributed by atoms with Crippen molar-refractivity contribution in [3.8, 4) is 11.5 Å². The number of benzene rings is 1. The van der Waals surface area contributed by atoms with Crippen LogP contribution in [0.3, 0.4) is 0 Å². The molecule has 3 rings (SSSR count). The molecular weight excluding hydrogens is 508 g/mol. The Balaban J connectivity index is 2.20. The van der Waals surface area contributed by atoms with Crippen molar-refractivity contribution >= 4 is 11.9 Å². The molecule has 0 aromatic heterocycles. The number of ether oxygens (including phenoxy) is 5. The van der Waals surface area contributed by atoms with Crippen LogP contribution in [-0.4, -0.2) is 93.6 Å². The number of phenols is 2. The van der Waals surface area contributed by atoms with E-state index in [4.69, 9.17) is 23.7 Å². The number of carbonyl (C=O) groups is 2. The number of aliphatic hydroxyl groups is 4. The molecule has 1 fully saturated rings. The van der Waals surface area contributed by atoms with E-state index in [0.29, 0.717) is 0 Å². The van der Waals surface area contributed by atoms with Gasteiger partial charge in [-0.25, -0.2) is 4.79 Å². The van der Waals surface area contributed by atoms with Crippen molar-refractivity contribution in [3.63, 3.8) is 0 Å². The van der Waals surface area contributed by atoms with Gasteiger partial charge in [0.25, 0.3) is 5.79 Å². The van der Waals surface area contributed by atoms with Gasteiger partial charge in [0.2, 0.25) is 0 Å². The fraction of sp³-hybridized carbons (Fsp3) is 0.520. The number of hydrogen-bond donors (Lipinski definition) is 6. The summed E-state index contributed by atoms with van der Waals surface area (Å²) in [4.78, 5) is 25.2. The van der Waals surface area contributed by atoms with E-state index in [0.717, 1.165) is 25.5 Å². The number of methoxy groups -OCH3 is 1. The summed E-state index contributed by atoms with van der Waals surface area (Å²) in [7, 11) is 1.14. The Hall–Kier alpha value is -3.20. The van der Waals surface area contributed by atoms with Crippen LogP contribution in [0.15, 0.2) is 41.7 Å². The Kier molecular flexibility index (Phi) is 9.35. The summed E-state index contributed by atoms with van der Waals surface area (Å²) in [6, 6.07) is 3.56. The average molecular weight is 541 g/mol. The van der Waals surface area contributed by atoms with Gasteiger partial charge in [0.05, 0.1) is 38.6 Å². The highest BCUT2D eigenvalue weighted by molar-refractivity contribution is 5.91. The normalized spacial score (nSPS) is 32.3. The maximum absolute atomic E-state index is 12.6. The molecule has 0 aliphatic carbocycles. The van der Waals surface area contributed by atoms with Crippen LogP contribution in [0, 0.1) is 5.92 Å². The van der Waals surface area contributed by atoms with Crippen LogP contribution in [0.1, 0.15) is 25.8 Å². The topological polar surface area (TPSA) is 202 Å². The molecule has 1 saturated heterocycles. The minimum atomic E-state index is -2.12. The zero-order valence-electron chi connectivity index (χ0n) is 21.0. The molecule has 7 atom stereocenters. The van der Waals surface area contributed by atoms with Crippen LogP contribution >= 0.6 is 0 Å². The molecule has 2 aliphatic rings. The Morgan fingerprint density at radius 1 is 1.11 bits per heavy atom. The first-order chi connectivity index (χ1) is 18.0. The Morgan fingerprint density at radius 2 is 1.82 bits per heavy atom. The summed E-state index contributed by atoms with van der Waals surface area (Å²) in [5, 5.41) is 60.9. The molecule has 0 amide bonds. The van der Waals surface area contributed by atoms with Crippen molar-refractivity contribution in [2.75, 3.05) is 20.3 Å². The van der Waals surface area contributed by atoms with Crippen LogP contribution < -0.4 is 0 Å². The number of phenolic OH excluding ortho intramolecular Hbond substituents is 2. The molecule has 0 saturated carbocycles. The van der Waals surface area contributed by atoms with Gasteiger partial charge in [-0.3, -0.25) is 4.79 Å². The molecule has 2 heterocycles. The van der Waals surface area contributed by atoms with Gasteiger partial charge in [0.1, 0.15) is 24.4 Å². The molecule has 13 heteroatoms. The lowest BCUT2D eigenvalue weighted by Gasteiger charge is -2.47. The predicted molar refractivity (Wildman–Crippen MR) is 126 cm³/mol. The van der Waals surface area contributed by atoms with Gasteiger partial charge in [0, 0.05) is 17.1 Å². The second-order valence-electron chi connectivity index (χ2n) is 8.62. The van der Waals surface area contributed by atoms with Gasteiger partial charge >= 0.3 is 11.9 Å². The fourth-order valence-electron chi connectivity index (χ4n) is 4.45. The summed E-state index contributed by atoms with van der Waals surface area (Å²) in [5.41, 5.74) is 0.0899. The third-order valence-corrected chi connectivity index (χ3v) is 6.38. The van der Waals surface area contributed by atoms with E-state index in [1.165, 1.54) is 12.1 Å². The van der Waals surface area contributed by atoms with Crippen molar-refractivity contribution < 1.29 is 63.9 Å². The maximum atomic E-state index is 12.6. The second-order valence-corrected chi connectivity index (χ2v) is 8.62. The summed E-state index contributed by atoms with van der Waals surface area (Å²) in [5.74, 6) is -5.69. The molecule has 0 radical (unpaired) electrons. The molecular formula is C25H32O13. The van der Waals surface area contributed by atoms with E-state index in [2.05, 4.69) is 0 Å². The van der Waals surface area contributed by atoms with Crippen LogP contribution in [0.2, 0.25) is 0 Å². The number of allylic oxidation sites excluding steroid dienone is 1. The number of aromatic hydroxyl groups is 2. The lowest BCUT2D eigenvalue weighted by molar-refractivity contribution is -0.360. The first-order valence-corrected chi connectivity index (χ1v) is 11.8. The molecule has 13 nitrogen and oxygen atoms in total. The molecule has 7 unspecified atom stereocenters. The van der Waals surface area contributed by atoms with E-state index < -0.39 is 72.5 Å². The summed E-state index contributed by atoms with van der Waals surface area (Å²) in [6.07, 6.45) is -6.23. The third-order valence-electron chi connectivity index (χ3n) is 6.38. The lowest BCUT2D eigenvalue weighted by Crippen LogP contribution is -2.61. The highest BCUT2D eigenvalue weighted by Gasteiger charge is 2.54. The van der Waals surface area contributed by atoms with Crippen molar-refractivity contribution in [2.24, 2.45) is 5.92 Å². The van der Waals surface area contributed by atoms with Crippen molar-refractivity contribution in [2.45, 2.75) is 56.8 Å². The quantitative estimate of drug-likeness (QED) is 0.142. The van der Waals surface area contributed by atoms with Crippen LogP contribution in [0.5, 0.6) is 11.5 Å². The number of hydrogen-bond acceptors (Lipinski definition) is 13. The third kappa shape index (κ3) is 5.48. The first-order valence-electron chi connectivity index (χ1n) is 11.8. The zero-order valence-corrected chi connectivity index (χ0v) is 21.0. The Bertz CT molecular complexity index is 1080. The van der Waals surface area contributed by atoms with E-state index in [1.807, 2.05) is 0 Å². The van der Waals surface area contributed by atoms with E-state index in [1.54, 1.807) is 13.8 Å². The van der Waals surface area contributed by atoms with Crippen LogP contribution in [-0.2, 0) is 39.1 Å². The highest BCUT2D eigenvalue weighted by atomic mass is 16.8. The smallest absolute Gasteiger partial charge is 0.337 e. The van der Waals surface area contributed by atoms with Crippen LogP contribution in [0.4, 0.5) is 0 Å². The second kappa shape index (κ2) is 12.1. The van der Waals surface area contributed by atoms with E-state index in [9.17, 15) is 40.2 Å². The molecule has 1 aromatic carbocycles. The zero-order chi connectivity index (χ0) is 28.2. The van der Waals surface area contributed by atoms with Gasteiger partial charge in [-0.1, -0.05) is 6.08 Å². The largest absolute Gasteiger partial charge is 0.504 e. The summed E-state index contributed by atoms with van der Waals surface area (Å²) < 4.78 is 27.5. The molecule has 2 aliphatic heterocycles. The van der Waals surface area contributed by atoms with Gasteiger partial charge in [-0.2, -0.15) is 0 Å². The lowest BCUT2D eigenvalue weighted by atomic mass is 9.79. The van der Waals surface area contributed by atoms with Gasteiger partial charge in [-0.15, -0.1) is 0 Å². The summed E-state index contributed by atoms with van der Waals surface area (Å²) >= 11 is 0. The van der Waals surface area contributed by atoms with Crippen molar-refractivity contribution in [1.82, 2.24) is 0 Å². The maximum Gasteiger partial charge on any atom is 0.337 e. The minimum absolute atomic E-state index is 0.0342. The van der Waals surface area contributed by atoms with E-state index >= 15 is 0 Å². The standard InChI is InChI=1S/C25H32O13/c1-4-15-13(9-19(29)35-5-2)14(23(33)34-3)11-36-25(15,12-6-7-16(27)17(28)8-12)38-24-22(32)21(31)20(30)18(10-26)37-24/h4,6-8,11,13,18,20-22,24,26-28,30-32H,5,9-10H2,1-3H3. The number of aliphatic hydroxyl groups excluding tert-OH is 4. The van der Waals surface area contributed by atoms with E-state index in [-0.39, 0.29) is 29.7 Å². The SMILES string of the molecule is CC=C1C(CC(=O)OCC)C(C(=O)OC)=COC1(OC1OC(CO)C(O)C(O)C1O)c1ccc(O)c(O)c1. The number of esters is 2. The minimum Gasteiger partial charge on any atom is -0.504 e. The monoisotopic (exact) mass is 540 g/mol.